The van der Waals surface area contributed by atoms with Crippen molar-refractivity contribution in [3.8, 4) is 0 Å². The van der Waals surface area contributed by atoms with Crippen LogP contribution in [-0.4, -0.2) is 35.2 Å². The highest BCUT2D eigenvalue weighted by molar-refractivity contribution is 5.85. The number of carbonyl (C=O) groups is 2. The Labute approximate surface area is 81.5 Å². The summed E-state index contributed by atoms with van der Waals surface area (Å²) < 4.78 is 0. The van der Waals surface area contributed by atoms with Crippen LogP contribution in [-0.2, 0) is 9.59 Å². The molecule has 5 nitrogen and oxygen atoms in total. The third kappa shape index (κ3) is 2.86. The van der Waals surface area contributed by atoms with E-state index in [1.54, 1.807) is 0 Å². The smallest absolute Gasteiger partial charge is 0.308 e. The maximum Gasteiger partial charge on any atom is 0.308 e. The van der Waals surface area contributed by atoms with Gasteiger partial charge in [0.2, 0.25) is 0 Å². The predicted octanol–water partition coefficient (Wildman–Crippen LogP) is -0.197. The first-order valence-electron chi connectivity index (χ1n) is 3.79. The molecule has 0 aromatic heterocycles. The fourth-order valence-electron chi connectivity index (χ4n) is 1.41. The second-order valence-corrected chi connectivity index (χ2v) is 2.88. The van der Waals surface area contributed by atoms with Crippen LogP contribution in [0.1, 0.15) is 6.42 Å². The average Bonchev–Trinajstić information content (AvgIpc) is 2.04. The first-order valence-corrected chi connectivity index (χ1v) is 3.79. The molecule has 13 heavy (non-hydrogen) atoms. The van der Waals surface area contributed by atoms with E-state index in [0.29, 0.717) is 13.0 Å². The van der Waals surface area contributed by atoms with Gasteiger partial charge in [-0.15, -0.1) is 12.4 Å². The van der Waals surface area contributed by atoms with Gasteiger partial charge in [0.05, 0.1) is 11.8 Å². The Kier molecular flexibility index (Phi) is 4.72. The van der Waals surface area contributed by atoms with Crippen molar-refractivity contribution in [2.24, 2.45) is 11.8 Å². The van der Waals surface area contributed by atoms with Gasteiger partial charge in [-0.2, -0.15) is 0 Å². The van der Waals surface area contributed by atoms with Gasteiger partial charge in [0.1, 0.15) is 0 Å². The zero-order valence-corrected chi connectivity index (χ0v) is 7.71. The molecule has 1 aliphatic heterocycles. The van der Waals surface area contributed by atoms with Crippen molar-refractivity contribution < 1.29 is 19.8 Å². The maximum atomic E-state index is 10.6. The van der Waals surface area contributed by atoms with E-state index < -0.39 is 23.8 Å². The van der Waals surface area contributed by atoms with E-state index in [4.69, 9.17) is 10.2 Å². The van der Waals surface area contributed by atoms with Gasteiger partial charge in [-0.3, -0.25) is 9.59 Å². The highest BCUT2D eigenvalue weighted by Gasteiger charge is 2.35. The topological polar surface area (TPSA) is 86.6 Å². The third-order valence-electron chi connectivity index (χ3n) is 2.12. The molecule has 0 saturated carbocycles. The molecule has 0 radical (unpaired) electrons. The zero-order chi connectivity index (χ0) is 9.14. The molecule has 3 N–H and O–H groups in total. The van der Waals surface area contributed by atoms with E-state index >= 15 is 0 Å². The Morgan fingerprint density at radius 3 is 2.08 bits per heavy atom. The van der Waals surface area contributed by atoms with Crippen molar-refractivity contribution in [1.82, 2.24) is 5.32 Å². The molecule has 0 aromatic carbocycles. The summed E-state index contributed by atoms with van der Waals surface area (Å²) in [4.78, 5) is 21.1. The molecule has 1 saturated heterocycles. The SMILES string of the molecule is Cl.O=C(O)C1CCNCC1C(=O)O. The lowest BCUT2D eigenvalue weighted by molar-refractivity contribution is -0.154. The van der Waals surface area contributed by atoms with E-state index in [0.717, 1.165) is 0 Å². The summed E-state index contributed by atoms with van der Waals surface area (Å²) in [7, 11) is 0. The van der Waals surface area contributed by atoms with Crippen molar-refractivity contribution in [3.63, 3.8) is 0 Å². The van der Waals surface area contributed by atoms with E-state index in [1.807, 2.05) is 0 Å². The second-order valence-electron chi connectivity index (χ2n) is 2.88. The third-order valence-corrected chi connectivity index (χ3v) is 2.12. The lowest BCUT2D eigenvalue weighted by Gasteiger charge is -2.25. The molecule has 0 amide bonds. The molecule has 1 heterocycles. The quantitative estimate of drug-likeness (QED) is 0.587. The van der Waals surface area contributed by atoms with Crippen LogP contribution in [0.15, 0.2) is 0 Å². The van der Waals surface area contributed by atoms with Crippen LogP contribution >= 0.6 is 12.4 Å². The molecule has 0 aromatic rings. The Morgan fingerprint density at radius 1 is 1.15 bits per heavy atom. The van der Waals surface area contributed by atoms with Crippen LogP contribution in [0, 0.1) is 11.8 Å². The van der Waals surface area contributed by atoms with E-state index in [-0.39, 0.29) is 19.0 Å². The Balaban J connectivity index is 0.00000144. The summed E-state index contributed by atoms with van der Waals surface area (Å²) in [6, 6.07) is 0. The van der Waals surface area contributed by atoms with Crippen molar-refractivity contribution in [2.45, 2.75) is 6.42 Å². The molecular formula is C7H12ClNO4. The monoisotopic (exact) mass is 209 g/mol. The lowest BCUT2D eigenvalue weighted by atomic mass is 9.87. The van der Waals surface area contributed by atoms with Crippen LogP contribution in [0.3, 0.4) is 0 Å². The van der Waals surface area contributed by atoms with Crippen LogP contribution in [0.2, 0.25) is 0 Å². The summed E-state index contributed by atoms with van der Waals surface area (Å²) in [5, 5.41) is 20.2. The number of carboxylic acid groups (broad SMARTS) is 2. The van der Waals surface area contributed by atoms with Crippen molar-refractivity contribution in [2.75, 3.05) is 13.1 Å². The van der Waals surface area contributed by atoms with Crippen molar-refractivity contribution in [1.29, 1.82) is 0 Å². The fourth-order valence-corrected chi connectivity index (χ4v) is 1.41. The molecule has 2 unspecified atom stereocenters. The number of aliphatic carboxylic acids is 2. The molecule has 0 bridgehead atoms. The minimum absolute atomic E-state index is 0. The van der Waals surface area contributed by atoms with Gasteiger partial charge in [-0.25, -0.2) is 0 Å². The number of halogens is 1. The number of hydrogen-bond acceptors (Lipinski definition) is 3. The molecule has 76 valence electrons. The predicted molar refractivity (Wildman–Crippen MR) is 47.0 cm³/mol. The molecule has 0 aliphatic carbocycles. The van der Waals surface area contributed by atoms with Crippen molar-refractivity contribution in [3.05, 3.63) is 0 Å². The Hall–Kier alpha value is -0.810. The molecule has 1 rings (SSSR count). The summed E-state index contributed by atoms with van der Waals surface area (Å²) in [5.74, 6) is -3.56. The number of nitrogens with one attached hydrogen (secondary N) is 1. The Bertz CT molecular complexity index is 187. The first kappa shape index (κ1) is 12.2. The van der Waals surface area contributed by atoms with Crippen LogP contribution in [0.4, 0.5) is 0 Å². The standard InChI is InChI=1S/C7H11NO4.ClH/c9-6(10)4-1-2-8-3-5(4)7(11)12;/h4-5,8H,1-3H2,(H,9,10)(H,11,12);1H. The minimum Gasteiger partial charge on any atom is -0.481 e. The van der Waals surface area contributed by atoms with Gasteiger partial charge in [0.15, 0.2) is 0 Å². The number of piperidine rings is 1. The first-order chi connectivity index (χ1) is 5.63. The second kappa shape index (κ2) is 5.04. The summed E-state index contributed by atoms with van der Waals surface area (Å²) >= 11 is 0. The molecule has 1 fully saturated rings. The van der Waals surface area contributed by atoms with Gasteiger partial charge in [-0.05, 0) is 13.0 Å². The van der Waals surface area contributed by atoms with Crippen LogP contribution in [0.5, 0.6) is 0 Å². The highest BCUT2D eigenvalue weighted by atomic mass is 35.5. The summed E-state index contributed by atoms with van der Waals surface area (Å²) in [5.41, 5.74) is 0. The highest BCUT2D eigenvalue weighted by Crippen LogP contribution is 2.19. The zero-order valence-electron chi connectivity index (χ0n) is 6.90. The molecule has 2 atom stereocenters. The molecule has 0 spiro atoms. The van der Waals surface area contributed by atoms with Gasteiger partial charge in [0, 0.05) is 6.54 Å². The summed E-state index contributed by atoms with van der Waals surface area (Å²) in [6.45, 7) is 0.840. The van der Waals surface area contributed by atoms with Crippen LogP contribution in [0.25, 0.3) is 0 Å². The van der Waals surface area contributed by atoms with E-state index in [1.165, 1.54) is 0 Å². The number of carboxylic acids is 2. The van der Waals surface area contributed by atoms with Gasteiger partial charge < -0.3 is 15.5 Å². The fraction of sp³-hybridized carbons (Fsp3) is 0.714. The van der Waals surface area contributed by atoms with Crippen molar-refractivity contribution >= 4 is 24.3 Å². The minimum atomic E-state index is -1.03. The summed E-state index contributed by atoms with van der Waals surface area (Å²) in [6.07, 6.45) is 0.395. The Morgan fingerprint density at radius 2 is 1.69 bits per heavy atom. The average molecular weight is 210 g/mol. The van der Waals surface area contributed by atoms with E-state index in [2.05, 4.69) is 5.32 Å². The number of hydrogen-bond donors (Lipinski definition) is 3. The molecule has 6 heteroatoms. The lowest BCUT2D eigenvalue weighted by Crippen LogP contribution is -2.43. The molecule has 1 aliphatic rings. The van der Waals surface area contributed by atoms with Gasteiger partial charge in [0.25, 0.3) is 0 Å². The number of rotatable bonds is 2. The van der Waals surface area contributed by atoms with E-state index in [9.17, 15) is 9.59 Å². The molecular weight excluding hydrogens is 198 g/mol. The maximum absolute atomic E-state index is 10.6. The van der Waals surface area contributed by atoms with Gasteiger partial charge >= 0.3 is 11.9 Å². The van der Waals surface area contributed by atoms with Crippen LogP contribution < -0.4 is 5.32 Å². The normalized spacial score (nSPS) is 27.4. The largest absolute Gasteiger partial charge is 0.481 e. The van der Waals surface area contributed by atoms with Gasteiger partial charge in [-0.1, -0.05) is 0 Å².